The van der Waals surface area contributed by atoms with Gasteiger partial charge >= 0.3 is 0 Å². The summed E-state index contributed by atoms with van der Waals surface area (Å²) in [5.74, 6) is 1.80. The zero-order valence-electron chi connectivity index (χ0n) is 16.4. The molecule has 4 nitrogen and oxygen atoms in total. The molecule has 2 aromatic rings. The van der Waals surface area contributed by atoms with Gasteiger partial charge in [0.15, 0.2) is 6.61 Å². The maximum atomic E-state index is 12.0. The van der Waals surface area contributed by atoms with Crippen molar-refractivity contribution in [1.29, 1.82) is 0 Å². The van der Waals surface area contributed by atoms with Gasteiger partial charge in [0.05, 0.1) is 6.54 Å². The van der Waals surface area contributed by atoms with Crippen LogP contribution in [0.15, 0.2) is 36.4 Å². The van der Waals surface area contributed by atoms with Crippen LogP contribution < -0.4 is 14.8 Å². The van der Waals surface area contributed by atoms with E-state index in [4.69, 9.17) is 9.47 Å². The van der Waals surface area contributed by atoms with E-state index in [1.54, 1.807) is 0 Å². The third-order valence-corrected chi connectivity index (χ3v) is 4.32. The van der Waals surface area contributed by atoms with E-state index in [0.29, 0.717) is 19.1 Å². The Balaban J connectivity index is 1.75. The fourth-order valence-electron chi connectivity index (χ4n) is 2.60. The van der Waals surface area contributed by atoms with Crippen LogP contribution in [0.25, 0.3) is 0 Å². The molecule has 4 heteroatoms. The summed E-state index contributed by atoms with van der Waals surface area (Å²) in [6.07, 6.45) is 0. The van der Waals surface area contributed by atoms with Gasteiger partial charge in [-0.2, -0.15) is 0 Å². The van der Waals surface area contributed by atoms with Crippen LogP contribution in [0.3, 0.4) is 0 Å². The lowest BCUT2D eigenvalue weighted by atomic mass is 10.0. The minimum absolute atomic E-state index is 0.00676. The highest BCUT2D eigenvalue weighted by atomic mass is 16.5. The number of carbonyl (C=O) groups excluding carboxylic acids is 1. The van der Waals surface area contributed by atoms with Crippen LogP contribution in [0.4, 0.5) is 0 Å². The van der Waals surface area contributed by atoms with E-state index in [1.165, 1.54) is 11.1 Å². The van der Waals surface area contributed by atoms with Gasteiger partial charge < -0.3 is 14.8 Å². The molecule has 26 heavy (non-hydrogen) atoms. The lowest BCUT2D eigenvalue weighted by Crippen LogP contribution is -2.32. The molecule has 0 fully saturated rings. The fraction of sp³-hybridized carbons (Fsp3) is 0.409. The quantitative estimate of drug-likeness (QED) is 0.718. The van der Waals surface area contributed by atoms with Crippen LogP contribution in [0.5, 0.6) is 11.5 Å². The van der Waals surface area contributed by atoms with Crippen molar-refractivity contribution in [1.82, 2.24) is 5.32 Å². The molecule has 0 aliphatic heterocycles. The molecule has 0 aliphatic rings. The normalized spacial score (nSPS) is 10.7. The van der Waals surface area contributed by atoms with Crippen LogP contribution in [0.1, 0.15) is 42.0 Å². The van der Waals surface area contributed by atoms with E-state index in [1.807, 2.05) is 31.2 Å². The first-order chi connectivity index (χ1) is 12.4. The Morgan fingerprint density at radius 2 is 1.77 bits per heavy atom. The van der Waals surface area contributed by atoms with E-state index in [-0.39, 0.29) is 12.5 Å². The predicted molar refractivity (Wildman–Crippen MR) is 105 cm³/mol. The number of aryl methyl sites for hydroxylation is 3. The Hall–Kier alpha value is -2.49. The molecule has 0 saturated heterocycles. The molecular formula is C22H29NO3. The third-order valence-electron chi connectivity index (χ3n) is 4.32. The first-order valence-electron chi connectivity index (χ1n) is 9.07. The molecule has 2 aromatic carbocycles. The molecule has 140 valence electrons. The van der Waals surface area contributed by atoms with Crippen molar-refractivity contribution >= 4 is 5.91 Å². The van der Waals surface area contributed by atoms with Crippen LogP contribution in [-0.4, -0.2) is 25.7 Å². The van der Waals surface area contributed by atoms with Gasteiger partial charge in [0, 0.05) is 0 Å². The number of ether oxygens (including phenoxy) is 2. The highest BCUT2D eigenvalue weighted by molar-refractivity contribution is 5.77. The lowest BCUT2D eigenvalue weighted by molar-refractivity contribution is -0.123. The van der Waals surface area contributed by atoms with E-state index < -0.39 is 0 Å². The number of benzene rings is 2. The standard InChI is InChI=1S/C22H29NO3/c1-15(2)20-9-6-16(3)12-21(20)26-14-22(24)23-10-11-25-19-8-7-17(4)18(5)13-19/h6-9,12-13,15H,10-11,14H2,1-5H3,(H,23,24). The lowest BCUT2D eigenvalue weighted by Gasteiger charge is -2.15. The number of hydrogen-bond donors (Lipinski definition) is 1. The summed E-state index contributed by atoms with van der Waals surface area (Å²) in [4.78, 5) is 12.0. The Bertz CT molecular complexity index is 753. The van der Waals surface area contributed by atoms with Crippen LogP contribution in [0, 0.1) is 20.8 Å². The molecule has 0 atom stereocenters. The van der Waals surface area contributed by atoms with Crippen molar-refractivity contribution < 1.29 is 14.3 Å². The van der Waals surface area contributed by atoms with E-state index >= 15 is 0 Å². The van der Waals surface area contributed by atoms with Crippen molar-refractivity contribution in [2.45, 2.75) is 40.5 Å². The van der Waals surface area contributed by atoms with Crippen molar-refractivity contribution in [2.75, 3.05) is 19.8 Å². The second-order valence-corrected chi connectivity index (χ2v) is 6.93. The van der Waals surface area contributed by atoms with Crippen molar-refractivity contribution in [3.05, 3.63) is 58.7 Å². The minimum atomic E-state index is -0.148. The Labute approximate surface area is 156 Å². The zero-order chi connectivity index (χ0) is 19.1. The molecule has 0 unspecified atom stereocenters. The minimum Gasteiger partial charge on any atom is -0.492 e. The molecule has 0 aromatic heterocycles. The smallest absolute Gasteiger partial charge is 0.258 e. The number of hydrogen-bond acceptors (Lipinski definition) is 3. The highest BCUT2D eigenvalue weighted by Gasteiger charge is 2.10. The summed E-state index contributed by atoms with van der Waals surface area (Å²) >= 11 is 0. The molecule has 0 radical (unpaired) electrons. The van der Waals surface area contributed by atoms with Crippen LogP contribution in [0.2, 0.25) is 0 Å². The third kappa shape index (κ3) is 5.80. The molecule has 1 N–H and O–H groups in total. The van der Waals surface area contributed by atoms with Gasteiger partial charge in [-0.1, -0.05) is 32.0 Å². The first-order valence-corrected chi connectivity index (χ1v) is 9.07. The van der Waals surface area contributed by atoms with Gasteiger partial charge in [-0.15, -0.1) is 0 Å². The molecule has 0 bridgehead atoms. The second kappa shape index (κ2) is 9.27. The summed E-state index contributed by atoms with van der Waals surface area (Å²) < 4.78 is 11.4. The zero-order valence-corrected chi connectivity index (χ0v) is 16.4. The SMILES string of the molecule is Cc1ccc(C(C)C)c(OCC(=O)NCCOc2ccc(C)c(C)c2)c1. The van der Waals surface area contributed by atoms with Gasteiger partial charge in [0.25, 0.3) is 5.91 Å². The number of rotatable bonds is 8. The Morgan fingerprint density at radius 1 is 1.00 bits per heavy atom. The first kappa shape index (κ1) is 19.8. The largest absolute Gasteiger partial charge is 0.492 e. The maximum Gasteiger partial charge on any atom is 0.258 e. The van der Waals surface area contributed by atoms with E-state index in [9.17, 15) is 4.79 Å². The van der Waals surface area contributed by atoms with E-state index in [2.05, 4.69) is 45.1 Å². The Kier molecular flexibility index (Phi) is 7.07. The summed E-state index contributed by atoms with van der Waals surface area (Å²) in [7, 11) is 0. The van der Waals surface area contributed by atoms with Gasteiger partial charge in [0.1, 0.15) is 18.1 Å². The summed E-state index contributed by atoms with van der Waals surface area (Å²) in [6, 6.07) is 12.1. The Morgan fingerprint density at radius 3 is 2.46 bits per heavy atom. The van der Waals surface area contributed by atoms with Gasteiger partial charge in [-0.05, 0) is 67.1 Å². The van der Waals surface area contributed by atoms with E-state index in [0.717, 1.165) is 22.6 Å². The average Bonchev–Trinajstić information content (AvgIpc) is 2.59. The predicted octanol–water partition coefficient (Wildman–Crippen LogP) is 4.31. The molecule has 2 rings (SSSR count). The van der Waals surface area contributed by atoms with Crippen LogP contribution in [-0.2, 0) is 4.79 Å². The van der Waals surface area contributed by atoms with Gasteiger partial charge in [0.2, 0.25) is 0 Å². The summed E-state index contributed by atoms with van der Waals surface area (Å²) in [6.45, 7) is 11.2. The molecule has 1 amide bonds. The van der Waals surface area contributed by atoms with Crippen molar-refractivity contribution in [2.24, 2.45) is 0 Å². The number of carbonyl (C=O) groups is 1. The van der Waals surface area contributed by atoms with Crippen LogP contribution >= 0.6 is 0 Å². The molecule has 0 aliphatic carbocycles. The van der Waals surface area contributed by atoms with Crippen molar-refractivity contribution in [3.63, 3.8) is 0 Å². The highest BCUT2D eigenvalue weighted by Crippen LogP contribution is 2.27. The molecule has 0 heterocycles. The second-order valence-electron chi connectivity index (χ2n) is 6.93. The topological polar surface area (TPSA) is 47.6 Å². The van der Waals surface area contributed by atoms with Crippen molar-refractivity contribution in [3.8, 4) is 11.5 Å². The summed E-state index contributed by atoms with van der Waals surface area (Å²) in [5.41, 5.74) is 4.66. The fourth-order valence-corrected chi connectivity index (χ4v) is 2.60. The molecule has 0 spiro atoms. The molecular weight excluding hydrogens is 326 g/mol. The summed E-state index contributed by atoms with van der Waals surface area (Å²) in [5, 5.41) is 2.82. The van der Waals surface area contributed by atoms with Gasteiger partial charge in [-0.3, -0.25) is 4.79 Å². The average molecular weight is 355 g/mol. The van der Waals surface area contributed by atoms with Gasteiger partial charge in [-0.25, -0.2) is 0 Å². The maximum absolute atomic E-state index is 12.0. The number of nitrogens with one attached hydrogen (secondary N) is 1. The monoisotopic (exact) mass is 355 g/mol. The molecule has 0 saturated carbocycles. The number of amides is 1.